The van der Waals surface area contributed by atoms with Gasteiger partial charge in [0.2, 0.25) is 0 Å². The van der Waals surface area contributed by atoms with Gasteiger partial charge in [0.15, 0.2) is 18.1 Å². The van der Waals surface area contributed by atoms with Gasteiger partial charge in [-0.2, -0.15) is 0 Å². The predicted octanol–water partition coefficient (Wildman–Crippen LogP) is 4.17. The molecule has 2 aromatic rings. The second kappa shape index (κ2) is 7.84. The third-order valence-electron chi connectivity index (χ3n) is 2.91. The number of amides is 1. The van der Waals surface area contributed by atoms with Gasteiger partial charge in [0.25, 0.3) is 5.91 Å². The SMILES string of the molecule is CCOc1ccccc1OCC(=O)Nc1ccc(C)cc1Br. The van der Waals surface area contributed by atoms with Crippen molar-refractivity contribution in [3.63, 3.8) is 0 Å². The first-order valence-electron chi connectivity index (χ1n) is 7.00. The highest BCUT2D eigenvalue weighted by molar-refractivity contribution is 9.10. The standard InChI is InChI=1S/C17H18BrNO3/c1-3-21-15-6-4-5-7-16(15)22-11-17(20)19-14-9-8-12(2)10-13(14)18/h4-10H,3,11H2,1-2H3,(H,19,20). The molecule has 0 saturated carbocycles. The summed E-state index contributed by atoms with van der Waals surface area (Å²) in [5.41, 5.74) is 1.84. The summed E-state index contributed by atoms with van der Waals surface area (Å²) >= 11 is 3.43. The molecular formula is C17H18BrNO3. The van der Waals surface area contributed by atoms with E-state index < -0.39 is 0 Å². The maximum atomic E-state index is 12.0. The molecule has 0 radical (unpaired) electrons. The zero-order valence-corrected chi connectivity index (χ0v) is 14.1. The molecule has 2 aromatic carbocycles. The van der Waals surface area contributed by atoms with E-state index in [9.17, 15) is 4.79 Å². The molecule has 116 valence electrons. The molecule has 0 bridgehead atoms. The Morgan fingerprint density at radius 2 is 1.82 bits per heavy atom. The molecule has 0 aliphatic carbocycles. The first-order valence-corrected chi connectivity index (χ1v) is 7.80. The number of anilines is 1. The van der Waals surface area contributed by atoms with Gasteiger partial charge in [0.1, 0.15) is 0 Å². The summed E-state index contributed by atoms with van der Waals surface area (Å²) in [6.45, 7) is 4.36. The van der Waals surface area contributed by atoms with E-state index in [1.807, 2.05) is 50.2 Å². The number of nitrogens with one attached hydrogen (secondary N) is 1. The zero-order chi connectivity index (χ0) is 15.9. The molecule has 0 aliphatic rings. The highest BCUT2D eigenvalue weighted by Gasteiger charge is 2.09. The van der Waals surface area contributed by atoms with Crippen LogP contribution in [0.2, 0.25) is 0 Å². The van der Waals surface area contributed by atoms with Crippen molar-refractivity contribution < 1.29 is 14.3 Å². The number of halogens is 1. The van der Waals surface area contributed by atoms with Gasteiger partial charge in [-0.05, 0) is 59.6 Å². The lowest BCUT2D eigenvalue weighted by Crippen LogP contribution is -2.20. The van der Waals surface area contributed by atoms with Crippen LogP contribution in [0.4, 0.5) is 5.69 Å². The van der Waals surface area contributed by atoms with Gasteiger partial charge in [0.05, 0.1) is 12.3 Å². The maximum absolute atomic E-state index is 12.0. The van der Waals surface area contributed by atoms with Crippen LogP contribution < -0.4 is 14.8 Å². The molecule has 22 heavy (non-hydrogen) atoms. The van der Waals surface area contributed by atoms with Gasteiger partial charge < -0.3 is 14.8 Å². The summed E-state index contributed by atoms with van der Waals surface area (Å²) in [6, 6.07) is 13.0. The molecule has 0 atom stereocenters. The monoisotopic (exact) mass is 363 g/mol. The first kappa shape index (κ1) is 16.4. The van der Waals surface area contributed by atoms with Crippen LogP contribution in [-0.4, -0.2) is 19.1 Å². The van der Waals surface area contributed by atoms with E-state index in [0.29, 0.717) is 18.1 Å². The lowest BCUT2D eigenvalue weighted by atomic mass is 10.2. The fraction of sp³-hybridized carbons (Fsp3) is 0.235. The molecule has 0 aliphatic heterocycles. The van der Waals surface area contributed by atoms with Crippen LogP contribution in [0.3, 0.4) is 0 Å². The van der Waals surface area contributed by atoms with E-state index in [1.165, 1.54) is 0 Å². The van der Waals surface area contributed by atoms with Crippen molar-refractivity contribution in [2.45, 2.75) is 13.8 Å². The Morgan fingerprint density at radius 1 is 1.14 bits per heavy atom. The number of benzene rings is 2. The van der Waals surface area contributed by atoms with Gasteiger partial charge in [0, 0.05) is 4.47 Å². The van der Waals surface area contributed by atoms with E-state index in [2.05, 4.69) is 21.2 Å². The summed E-state index contributed by atoms with van der Waals surface area (Å²) < 4.78 is 11.8. The van der Waals surface area contributed by atoms with Gasteiger partial charge >= 0.3 is 0 Å². The Balaban J connectivity index is 1.95. The Hall–Kier alpha value is -2.01. The molecular weight excluding hydrogens is 346 g/mol. The lowest BCUT2D eigenvalue weighted by Gasteiger charge is -2.12. The minimum atomic E-state index is -0.226. The zero-order valence-electron chi connectivity index (χ0n) is 12.6. The Bertz CT molecular complexity index is 658. The van der Waals surface area contributed by atoms with Gasteiger partial charge in [-0.15, -0.1) is 0 Å². The smallest absolute Gasteiger partial charge is 0.262 e. The minimum Gasteiger partial charge on any atom is -0.490 e. The van der Waals surface area contributed by atoms with Crippen LogP contribution in [0, 0.1) is 6.92 Å². The van der Waals surface area contributed by atoms with Gasteiger partial charge in [-0.1, -0.05) is 18.2 Å². The van der Waals surface area contributed by atoms with Crippen LogP contribution in [0.1, 0.15) is 12.5 Å². The quantitative estimate of drug-likeness (QED) is 0.837. The summed E-state index contributed by atoms with van der Waals surface area (Å²) in [7, 11) is 0. The molecule has 4 nitrogen and oxygen atoms in total. The molecule has 0 unspecified atom stereocenters. The van der Waals surface area contributed by atoms with Crippen molar-refractivity contribution in [3.8, 4) is 11.5 Å². The number of ether oxygens (including phenoxy) is 2. The highest BCUT2D eigenvalue weighted by atomic mass is 79.9. The summed E-state index contributed by atoms with van der Waals surface area (Å²) in [5.74, 6) is 0.965. The molecule has 5 heteroatoms. The molecule has 2 rings (SSSR count). The van der Waals surface area contributed by atoms with Crippen LogP contribution in [0.15, 0.2) is 46.9 Å². The normalized spacial score (nSPS) is 10.1. The molecule has 0 heterocycles. The van der Waals surface area contributed by atoms with E-state index >= 15 is 0 Å². The van der Waals surface area contributed by atoms with Crippen molar-refractivity contribution in [2.75, 3.05) is 18.5 Å². The fourth-order valence-electron chi connectivity index (χ4n) is 1.90. The summed E-state index contributed by atoms with van der Waals surface area (Å²) in [6.07, 6.45) is 0. The molecule has 1 N–H and O–H groups in total. The number of carbonyl (C=O) groups is 1. The summed E-state index contributed by atoms with van der Waals surface area (Å²) in [5, 5.41) is 2.81. The number of rotatable bonds is 6. The largest absolute Gasteiger partial charge is 0.490 e. The van der Waals surface area contributed by atoms with E-state index in [-0.39, 0.29) is 12.5 Å². The van der Waals surface area contributed by atoms with Crippen LogP contribution in [0.25, 0.3) is 0 Å². The molecule has 1 amide bonds. The Labute approximate surface area is 138 Å². The van der Waals surface area contributed by atoms with E-state index in [1.54, 1.807) is 6.07 Å². The number of para-hydroxylation sites is 2. The van der Waals surface area contributed by atoms with Gasteiger partial charge in [-0.3, -0.25) is 4.79 Å². The third kappa shape index (κ3) is 4.49. The number of hydrogen-bond acceptors (Lipinski definition) is 3. The second-order valence-electron chi connectivity index (χ2n) is 4.70. The lowest BCUT2D eigenvalue weighted by molar-refractivity contribution is -0.118. The third-order valence-corrected chi connectivity index (χ3v) is 3.56. The maximum Gasteiger partial charge on any atom is 0.262 e. The molecule has 0 saturated heterocycles. The fourth-order valence-corrected chi connectivity index (χ4v) is 2.49. The van der Waals surface area contributed by atoms with Crippen LogP contribution in [0.5, 0.6) is 11.5 Å². The van der Waals surface area contributed by atoms with E-state index in [0.717, 1.165) is 15.7 Å². The minimum absolute atomic E-state index is 0.0790. The predicted molar refractivity (Wildman–Crippen MR) is 90.6 cm³/mol. The second-order valence-corrected chi connectivity index (χ2v) is 5.55. The van der Waals surface area contributed by atoms with Crippen molar-refractivity contribution in [1.29, 1.82) is 0 Å². The number of carbonyl (C=O) groups excluding carboxylic acids is 1. The van der Waals surface area contributed by atoms with Crippen molar-refractivity contribution in [1.82, 2.24) is 0 Å². The molecule has 0 fully saturated rings. The average Bonchev–Trinajstić information content (AvgIpc) is 2.49. The first-order chi connectivity index (χ1) is 10.6. The van der Waals surface area contributed by atoms with Crippen molar-refractivity contribution in [3.05, 3.63) is 52.5 Å². The number of hydrogen-bond donors (Lipinski definition) is 1. The molecule has 0 spiro atoms. The topological polar surface area (TPSA) is 47.6 Å². The summed E-state index contributed by atoms with van der Waals surface area (Å²) in [4.78, 5) is 12.0. The number of aryl methyl sites for hydroxylation is 1. The van der Waals surface area contributed by atoms with Gasteiger partial charge in [-0.25, -0.2) is 0 Å². The average molecular weight is 364 g/mol. The van der Waals surface area contributed by atoms with Crippen molar-refractivity contribution in [2.24, 2.45) is 0 Å². The Kier molecular flexibility index (Phi) is 5.83. The van der Waals surface area contributed by atoms with Crippen molar-refractivity contribution >= 4 is 27.5 Å². The Morgan fingerprint density at radius 3 is 2.45 bits per heavy atom. The van der Waals surface area contributed by atoms with E-state index in [4.69, 9.17) is 9.47 Å². The van der Waals surface area contributed by atoms with Crippen LogP contribution in [-0.2, 0) is 4.79 Å². The van der Waals surface area contributed by atoms with Crippen LogP contribution >= 0.6 is 15.9 Å². The highest BCUT2D eigenvalue weighted by Crippen LogP contribution is 2.26. The molecule has 0 aromatic heterocycles.